The quantitative estimate of drug-likeness (QED) is 0.511. The number of nitrogens with zero attached hydrogens (tertiary/aromatic N) is 2. The largest absolute Gasteiger partial charge is 0.503 e. The van der Waals surface area contributed by atoms with Crippen molar-refractivity contribution < 1.29 is 5.11 Å². The number of nitrogens with two attached hydrogens (primary N) is 1. The van der Waals surface area contributed by atoms with Crippen molar-refractivity contribution >= 4 is 28.9 Å². The predicted octanol–water partition coefficient (Wildman–Crippen LogP) is 2.43. The highest BCUT2D eigenvalue weighted by Crippen LogP contribution is 2.30. The molecule has 0 aliphatic carbocycles. The van der Waals surface area contributed by atoms with Gasteiger partial charge < -0.3 is 16.2 Å². The molecule has 20 heavy (non-hydrogen) atoms. The van der Waals surface area contributed by atoms with E-state index < -0.39 is 0 Å². The predicted molar refractivity (Wildman–Crippen MR) is 78.8 cm³/mol. The lowest BCUT2D eigenvalue weighted by Gasteiger charge is -2.11. The molecular weight excluding hydrogens is 278 g/mol. The molecule has 104 valence electrons. The second-order valence-corrected chi connectivity index (χ2v) is 4.51. The van der Waals surface area contributed by atoms with Gasteiger partial charge in [0.15, 0.2) is 11.6 Å². The van der Waals surface area contributed by atoms with Crippen LogP contribution in [0.2, 0.25) is 5.02 Å². The molecule has 1 aromatic carbocycles. The highest BCUT2D eigenvalue weighted by molar-refractivity contribution is 6.33. The maximum atomic E-state index is 10.00. The van der Waals surface area contributed by atoms with E-state index in [-0.39, 0.29) is 17.4 Å². The zero-order valence-corrected chi connectivity index (χ0v) is 11.6. The second-order valence-electron chi connectivity index (χ2n) is 4.10. The van der Waals surface area contributed by atoms with Crippen LogP contribution in [0.15, 0.2) is 24.5 Å². The normalized spacial score (nSPS) is 10.3. The van der Waals surface area contributed by atoms with Crippen LogP contribution in [0.1, 0.15) is 18.2 Å². The molecule has 0 radical (unpaired) electrons. The summed E-state index contributed by atoms with van der Waals surface area (Å²) in [5.74, 6) is 0.229. The standard InChI is InChI=1S/C13H14ClN5O/c1-2-9-11(20)13(18-6-17-9)19-10-4-3-7(12(15)16)5-8(10)14/h3-6,20H,2H2,1H3,(H3,15,16)(H,17,18,19). The number of aromatic nitrogens is 2. The van der Waals surface area contributed by atoms with Gasteiger partial charge in [-0.05, 0) is 24.6 Å². The summed E-state index contributed by atoms with van der Waals surface area (Å²) in [5.41, 5.74) is 7.04. The molecule has 1 heterocycles. The van der Waals surface area contributed by atoms with Gasteiger partial charge in [-0.1, -0.05) is 18.5 Å². The lowest BCUT2D eigenvalue weighted by Crippen LogP contribution is -2.11. The summed E-state index contributed by atoms with van der Waals surface area (Å²) in [6, 6.07) is 4.91. The Morgan fingerprint density at radius 3 is 2.80 bits per heavy atom. The molecule has 2 rings (SSSR count). The summed E-state index contributed by atoms with van der Waals surface area (Å²) in [6.45, 7) is 1.89. The van der Waals surface area contributed by atoms with Gasteiger partial charge in [-0.3, -0.25) is 5.41 Å². The first-order chi connectivity index (χ1) is 9.52. The molecule has 7 heteroatoms. The molecule has 5 N–H and O–H groups in total. The number of nitrogen functional groups attached to an aromatic ring is 1. The van der Waals surface area contributed by atoms with Crippen molar-refractivity contribution in [1.82, 2.24) is 9.97 Å². The van der Waals surface area contributed by atoms with Gasteiger partial charge in [0, 0.05) is 5.56 Å². The van der Waals surface area contributed by atoms with Gasteiger partial charge in [-0.15, -0.1) is 0 Å². The number of nitrogens with one attached hydrogen (secondary N) is 2. The van der Waals surface area contributed by atoms with E-state index in [1.165, 1.54) is 6.33 Å². The van der Waals surface area contributed by atoms with E-state index in [0.29, 0.717) is 28.4 Å². The van der Waals surface area contributed by atoms with E-state index in [1.54, 1.807) is 18.2 Å². The SMILES string of the molecule is CCc1ncnc(Nc2ccc(C(=N)N)cc2Cl)c1O. The van der Waals surface area contributed by atoms with E-state index >= 15 is 0 Å². The summed E-state index contributed by atoms with van der Waals surface area (Å²) in [7, 11) is 0. The first-order valence-electron chi connectivity index (χ1n) is 5.96. The summed E-state index contributed by atoms with van der Waals surface area (Å²) in [5, 5.41) is 20.7. The fourth-order valence-corrected chi connectivity index (χ4v) is 1.90. The van der Waals surface area contributed by atoms with Gasteiger partial charge in [-0.2, -0.15) is 0 Å². The molecule has 6 nitrogen and oxygen atoms in total. The number of hydrogen-bond acceptors (Lipinski definition) is 5. The topological polar surface area (TPSA) is 108 Å². The van der Waals surface area contributed by atoms with Crippen LogP contribution in [0.5, 0.6) is 5.75 Å². The van der Waals surface area contributed by atoms with Crippen molar-refractivity contribution in [2.45, 2.75) is 13.3 Å². The van der Waals surface area contributed by atoms with E-state index in [4.69, 9.17) is 22.7 Å². The van der Waals surface area contributed by atoms with Crippen molar-refractivity contribution in [2.24, 2.45) is 5.73 Å². The number of benzene rings is 1. The minimum absolute atomic E-state index is 0.00158. The second kappa shape index (κ2) is 5.75. The Morgan fingerprint density at radius 2 is 2.20 bits per heavy atom. The Labute approximate surface area is 121 Å². The lowest BCUT2D eigenvalue weighted by atomic mass is 10.2. The molecule has 0 bridgehead atoms. The minimum atomic E-state index is -0.0587. The molecular formula is C13H14ClN5O. The Kier molecular flexibility index (Phi) is 4.05. The molecule has 0 atom stereocenters. The van der Waals surface area contributed by atoms with Crippen LogP contribution in [-0.4, -0.2) is 20.9 Å². The molecule has 0 aliphatic heterocycles. The third-order valence-electron chi connectivity index (χ3n) is 2.77. The van der Waals surface area contributed by atoms with Crippen molar-refractivity contribution in [2.75, 3.05) is 5.32 Å². The molecule has 0 amide bonds. The van der Waals surface area contributed by atoms with Crippen LogP contribution in [-0.2, 0) is 6.42 Å². The monoisotopic (exact) mass is 291 g/mol. The van der Waals surface area contributed by atoms with Gasteiger partial charge in [-0.25, -0.2) is 9.97 Å². The van der Waals surface area contributed by atoms with Crippen LogP contribution < -0.4 is 11.1 Å². The summed E-state index contributed by atoms with van der Waals surface area (Å²) in [4.78, 5) is 7.96. The van der Waals surface area contributed by atoms with Crippen LogP contribution in [0.4, 0.5) is 11.5 Å². The fraction of sp³-hybridized carbons (Fsp3) is 0.154. The van der Waals surface area contributed by atoms with E-state index in [1.807, 2.05) is 6.92 Å². The number of aromatic hydroxyl groups is 1. The molecule has 0 saturated heterocycles. The number of anilines is 2. The first-order valence-corrected chi connectivity index (χ1v) is 6.34. The number of amidine groups is 1. The minimum Gasteiger partial charge on any atom is -0.503 e. The van der Waals surface area contributed by atoms with E-state index in [2.05, 4.69) is 15.3 Å². The number of rotatable bonds is 4. The van der Waals surface area contributed by atoms with Gasteiger partial charge in [0.1, 0.15) is 12.2 Å². The summed E-state index contributed by atoms with van der Waals surface area (Å²) >= 11 is 6.11. The average Bonchev–Trinajstić information content (AvgIpc) is 2.43. The Morgan fingerprint density at radius 1 is 1.45 bits per heavy atom. The summed E-state index contributed by atoms with van der Waals surface area (Å²) < 4.78 is 0. The van der Waals surface area contributed by atoms with Gasteiger partial charge in [0.2, 0.25) is 0 Å². The third-order valence-corrected chi connectivity index (χ3v) is 3.08. The smallest absolute Gasteiger partial charge is 0.180 e. The molecule has 1 aromatic heterocycles. The van der Waals surface area contributed by atoms with Crippen LogP contribution in [0, 0.1) is 5.41 Å². The van der Waals surface area contributed by atoms with Gasteiger partial charge in [0.05, 0.1) is 16.4 Å². The highest BCUT2D eigenvalue weighted by atomic mass is 35.5. The molecule has 0 spiro atoms. The number of aryl methyl sites for hydroxylation is 1. The molecule has 0 saturated carbocycles. The molecule has 0 unspecified atom stereocenters. The zero-order chi connectivity index (χ0) is 14.7. The van der Waals surface area contributed by atoms with Crippen LogP contribution in [0.3, 0.4) is 0 Å². The highest BCUT2D eigenvalue weighted by Gasteiger charge is 2.11. The number of hydrogen-bond donors (Lipinski definition) is 4. The fourth-order valence-electron chi connectivity index (χ4n) is 1.68. The Balaban J connectivity index is 2.33. The maximum absolute atomic E-state index is 10.00. The van der Waals surface area contributed by atoms with Crippen molar-refractivity contribution in [1.29, 1.82) is 5.41 Å². The van der Waals surface area contributed by atoms with Gasteiger partial charge >= 0.3 is 0 Å². The first kappa shape index (κ1) is 14.1. The van der Waals surface area contributed by atoms with Crippen LogP contribution in [0.25, 0.3) is 0 Å². The van der Waals surface area contributed by atoms with Gasteiger partial charge in [0.25, 0.3) is 0 Å². The average molecular weight is 292 g/mol. The van der Waals surface area contributed by atoms with Crippen molar-refractivity contribution in [3.63, 3.8) is 0 Å². The van der Waals surface area contributed by atoms with Crippen molar-refractivity contribution in [3.05, 3.63) is 40.8 Å². The Bertz CT molecular complexity index is 659. The summed E-state index contributed by atoms with van der Waals surface area (Å²) in [6.07, 6.45) is 1.97. The van der Waals surface area contributed by atoms with Crippen molar-refractivity contribution in [3.8, 4) is 5.75 Å². The van der Waals surface area contributed by atoms with E-state index in [9.17, 15) is 5.11 Å². The Hall–Kier alpha value is -2.34. The molecule has 2 aromatic rings. The zero-order valence-electron chi connectivity index (χ0n) is 10.8. The maximum Gasteiger partial charge on any atom is 0.180 e. The lowest BCUT2D eigenvalue weighted by molar-refractivity contribution is 0.464. The van der Waals surface area contributed by atoms with E-state index in [0.717, 1.165) is 0 Å². The molecule has 0 fully saturated rings. The third kappa shape index (κ3) is 2.80. The molecule has 0 aliphatic rings. The van der Waals surface area contributed by atoms with Crippen LogP contribution >= 0.6 is 11.6 Å². The number of halogens is 1.